The summed E-state index contributed by atoms with van der Waals surface area (Å²) in [4.78, 5) is 0.340. The first kappa shape index (κ1) is 16.4. The lowest BCUT2D eigenvalue weighted by molar-refractivity contribution is 0.575. The number of aryl methyl sites for hydroxylation is 3. The predicted octanol–water partition coefficient (Wildman–Crippen LogP) is 3.04. The summed E-state index contributed by atoms with van der Waals surface area (Å²) >= 11 is 0. The second-order valence-corrected chi connectivity index (χ2v) is 7.97. The molecule has 0 spiro atoms. The fourth-order valence-electron chi connectivity index (χ4n) is 2.34. The highest BCUT2D eigenvalue weighted by Crippen LogP contribution is 2.17. The molecule has 24 heavy (non-hydrogen) atoms. The van der Waals surface area contributed by atoms with Crippen LogP contribution in [-0.4, -0.2) is 29.2 Å². The van der Waals surface area contributed by atoms with Gasteiger partial charge in [0.2, 0.25) is 0 Å². The third-order valence-corrected chi connectivity index (χ3v) is 5.57. The fraction of sp³-hybridized carbons (Fsp3) is 0.222. The minimum absolute atomic E-state index is 0.00718. The van der Waals surface area contributed by atoms with E-state index >= 15 is 0 Å². The van der Waals surface area contributed by atoms with E-state index in [2.05, 4.69) is 10.3 Å². The van der Waals surface area contributed by atoms with E-state index in [-0.39, 0.29) is 12.3 Å². The molecule has 6 heteroatoms. The second-order valence-electron chi connectivity index (χ2n) is 5.86. The van der Waals surface area contributed by atoms with Gasteiger partial charge in [-0.25, -0.2) is 8.42 Å². The minimum atomic E-state index is -3.32. The van der Waals surface area contributed by atoms with Crippen LogP contribution in [0.25, 0.3) is 11.3 Å². The largest absolute Gasteiger partial charge is 0.251 e. The summed E-state index contributed by atoms with van der Waals surface area (Å²) in [6.07, 6.45) is 1.77. The standard InChI is InChI=1S/C18H19N3O2S/c1-14-3-7-16(8-4-14)18-13-21(20-19-18)11-12-24(22,23)17-9-5-15(2)6-10-17/h3-10,13H,11-12H2,1-2H3. The Morgan fingerprint density at radius 1 is 0.917 bits per heavy atom. The molecule has 3 rings (SSSR count). The van der Waals surface area contributed by atoms with E-state index in [0.717, 1.165) is 16.8 Å². The summed E-state index contributed by atoms with van der Waals surface area (Å²) in [5.74, 6) is -0.00718. The van der Waals surface area contributed by atoms with Gasteiger partial charge in [0, 0.05) is 5.56 Å². The average Bonchev–Trinajstić information content (AvgIpc) is 3.03. The number of nitrogens with zero attached hydrogens (tertiary/aromatic N) is 3. The summed E-state index contributed by atoms with van der Waals surface area (Å²) in [6.45, 7) is 4.23. The van der Waals surface area contributed by atoms with Crippen molar-refractivity contribution in [3.05, 3.63) is 65.9 Å². The van der Waals surface area contributed by atoms with Crippen molar-refractivity contribution >= 4 is 9.84 Å². The van der Waals surface area contributed by atoms with Crippen molar-refractivity contribution in [3.63, 3.8) is 0 Å². The molecular formula is C18H19N3O2S. The lowest BCUT2D eigenvalue weighted by atomic mass is 10.1. The number of hydrogen-bond acceptors (Lipinski definition) is 4. The maximum Gasteiger partial charge on any atom is 0.180 e. The molecule has 0 radical (unpaired) electrons. The maximum absolute atomic E-state index is 12.4. The molecule has 1 aromatic heterocycles. The van der Waals surface area contributed by atoms with Gasteiger partial charge in [-0.1, -0.05) is 52.7 Å². The van der Waals surface area contributed by atoms with E-state index in [1.807, 2.05) is 38.1 Å². The Morgan fingerprint density at radius 2 is 1.50 bits per heavy atom. The van der Waals surface area contributed by atoms with Crippen molar-refractivity contribution in [3.8, 4) is 11.3 Å². The van der Waals surface area contributed by atoms with Crippen LogP contribution in [0.4, 0.5) is 0 Å². The summed E-state index contributed by atoms with van der Waals surface area (Å²) in [5, 5.41) is 8.15. The van der Waals surface area contributed by atoms with Gasteiger partial charge >= 0.3 is 0 Å². The molecule has 0 aliphatic carbocycles. The van der Waals surface area contributed by atoms with Crippen LogP contribution in [0.5, 0.6) is 0 Å². The van der Waals surface area contributed by atoms with Gasteiger partial charge in [-0.05, 0) is 26.0 Å². The minimum Gasteiger partial charge on any atom is -0.251 e. The Labute approximate surface area is 141 Å². The lowest BCUT2D eigenvalue weighted by Crippen LogP contribution is -2.13. The molecule has 0 fully saturated rings. The van der Waals surface area contributed by atoms with E-state index in [4.69, 9.17) is 0 Å². The van der Waals surface area contributed by atoms with E-state index in [9.17, 15) is 8.42 Å². The van der Waals surface area contributed by atoms with Gasteiger partial charge in [-0.2, -0.15) is 0 Å². The first-order valence-corrected chi connectivity index (χ1v) is 9.36. The molecule has 0 N–H and O–H groups in total. The highest BCUT2D eigenvalue weighted by Gasteiger charge is 2.15. The van der Waals surface area contributed by atoms with Crippen molar-refractivity contribution in [2.75, 3.05) is 5.75 Å². The lowest BCUT2D eigenvalue weighted by Gasteiger charge is -2.04. The molecule has 1 heterocycles. The van der Waals surface area contributed by atoms with Crippen molar-refractivity contribution in [2.24, 2.45) is 0 Å². The first-order chi connectivity index (χ1) is 11.4. The average molecular weight is 341 g/mol. The van der Waals surface area contributed by atoms with Gasteiger partial charge in [-0.3, -0.25) is 4.68 Å². The summed E-state index contributed by atoms with van der Waals surface area (Å²) in [7, 11) is -3.32. The first-order valence-electron chi connectivity index (χ1n) is 7.71. The zero-order valence-electron chi connectivity index (χ0n) is 13.7. The quantitative estimate of drug-likeness (QED) is 0.715. The Bertz CT molecular complexity index is 927. The molecule has 0 aliphatic rings. The smallest absolute Gasteiger partial charge is 0.180 e. The van der Waals surface area contributed by atoms with Gasteiger partial charge in [0.05, 0.1) is 23.4 Å². The van der Waals surface area contributed by atoms with Crippen LogP contribution in [0.2, 0.25) is 0 Å². The van der Waals surface area contributed by atoms with E-state index in [0.29, 0.717) is 4.90 Å². The Hall–Kier alpha value is -2.47. The summed E-state index contributed by atoms with van der Waals surface area (Å²) in [5.41, 5.74) is 3.92. The fourth-order valence-corrected chi connectivity index (χ4v) is 3.56. The van der Waals surface area contributed by atoms with Gasteiger partial charge < -0.3 is 0 Å². The molecule has 0 atom stereocenters. The molecular weight excluding hydrogens is 322 g/mol. The highest BCUT2D eigenvalue weighted by molar-refractivity contribution is 7.91. The third-order valence-electron chi connectivity index (χ3n) is 3.86. The zero-order valence-corrected chi connectivity index (χ0v) is 14.5. The van der Waals surface area contributed by atoms with Crippen molar-refractivity contribution < 1.29 is 8.42 Å². The zero-order chi connectivity index (χ0) is 17.2. The molecule has 5 nitrogen and oxygen atoms in total. The van der Waals surface area contributed by atoms with Gasteiger partial charge in [0.1, 0.15) is 5.69 Å². The normalized spacial score (nSPS) is 11.6. The predicted molar refractivity (Wildman–Crippen MR) is 93.4 cm³/mol. The third kappa shape index (κ3) is 3.71. The van der Waals surface area contributed by atoms with E-state index in [1.165, 1.54) is 5.56 Å². The number of sulfone groups is 1. The summed E-state index contributed by atoms with van der Waals surface area (Å²) in [6, 6.07) is 14.9. The Kier molecular flexibility index (Phi) is 4.49. The molecule has 0 bridgehead atoms. The Morgan fingerprint density at radius 3 is 2.12 bits per heavy atom. The highest BCUT2D eigenvalue weighted by atomic mass is 32.2. The Balaban J connectivity index is 1.71. The van der Waals surface area contributed by atoms with Crippen molar-refractivity contribution in [1.82, 2.24) is 15.0 Å². The molecule has 0 unspecified atom stereocenters. The molecule has 0 saturated carbocycles. The van der Waals surface area contributed by atoms with Crippen LogP contribution in [0.3, 0.4) is 0 Å². The topological polar surface area (TPSA) is 64.8 Å². The van der Waals surface area contributed by atoms with Gasteiger partial charge in [0.25, 0.3) is 0 Å². The van der Waals surface area contributed by atoms with Crippen molar-refractivity contribution in [1.29, 1.82) is 0 Å². The number of rotatable bonds is 5. The molecule has 0 saturated heterocycles. The molecule has 0 aliphatic heterocycles. The van der Waals surface area contributed by atoms with E-state index < -0.39 is 9.84 Å². The van der Waals surface area contributed by atoms with Crippen LogP contribution in [-0.2, 0) is 16.4 Å². The number of aromatic nitrogens is 3. The van der Waals surface area contributed by atoms with Gasteiger partial charge in [0.15, 0.2) is 9.84 Å². The van der Waals surface area contributed by atoms with Crippen LogP contribution < -0.4 is 0 Å². The van der Waals surface area contributed by atoms with E-state index in [1.54, 1.807) is 35.1 Å². The molecule has 2 aromatic carbocycles. The number of hydrogen-bond donors (Lipinski definition) is 0. The molecule has 0 amide bonds. The monoisotopic (exact) mass is 341 g/mol. The second kappa shape index (κ2) is 6.57. The number of benzene rings is 2. The molecule has 3 aromatic rings. The maximum atomic E-state index is 12.4. The van der Waals surface area contributed by atoms with Crippen LogP contribution >= 0.6 is 0 Å². The SMILES string of the molecule is Cc1ccc(-c2cn(CCS(=O)(=O)c3ccc(C)cc3)nn2)cc1. The molecule has 124 valence electrons. The van der Waals surface area contributed by atoms with Gasteiger partial charge in [-0.15, -0.1) is 5.10 Å². The van der Waals surface area contributed by atoms with Crippen LogP contribution in [0.1, 0.15) is 11.1 Å². The summed E-state index contributed by atoms with van der Waals surface area (Å²) < 4.78 is 26.3. The van der Waals surface area contributed by atoms with Crippen LogP contribution in [0, 0.1) is 13.8 Å². The van der Waals surface area contributed by atoms with Crippen LogP contribution in [0.15, 0.2) is 59.6 Å². The van der Waals surface area contributed by atoms with Crippen molar-refractivity contribution in [2.45, 2.75) is 25.3 Å².